The lowest BCUT2D eigenvalue weighted by molar-refractivity contribution is -0.110. The summed E-state index contributed by atoms with van der Waals surface area (Å²) in [7, 11) is 1.95. The minimum absolute atomic E-state index is 0.431. The molecule has 0 aromatic heterocycles. The van der Waals surface area contributed by atoms with Crippen LogP contribution in [-0.4, -0.2) is 25.5 Å². The summed E-state index contributed by atoms with van der Waals surface area (Å²) in [5.41, 5.74) is 0. The molecule has 3 nitrogen and oxygen atoms in total. The van der Waals surface area contributed by atoms with Crippen LogP contribution in [0.2, 0.25) is 0 Å². The van der Waals surface area contributed by atoms with Gasteiger partial charge < -0.3 is 10.6 Å². The summed E-state index contributed by atoms with van der Waals surface area (Å²) in [5.74, 6) is 0. The summed E-state index contributed by atoms with van der Waals surface area (Å²) < 4.78 is 0. The second-order valence-electron chi connectivity index (χ2n) is 2.44. The predicted molar refractivity (Wildman–Crippen MR) is 35.1 cm³/mol. The van der Waals surface area contributed by atoms with Crippen LogP contribution in [0.5, 0.6) is 0 Å². The van der Waals surface area contributed by atoms with E-state index in [9.17, 15) is 4.79 Å². The molecular formula is C6H12N2O. The first-order valence-corrected chi connectivity index (χ1v) is 3.23. The minimum atomic E-state index is 0.431. The Morgan fingerprint density at radius 1 is 1.44 bits per heavy atom. The van der Waals surface area contributed by atoms with Crippen molar-refractivity contribution < 1.29 is 4.79 Å². The third-order valence-electron chi connectivity index (χ3n) is 1.85. The fraction of sp³-hybridized carbons (Fsp3) is 0.833. The van der Waals surface area contributed by atoms with Gasteiger partial charge in [0, 0.05) is 12.1 Å². The molecule has 0 bridgehead atoms. The second kappa shape index (κ2) is 2.82. The van der Waals surface area contributed by atoms with E-state index in [1.807, 2.05) is 7.05 Å². The molecule has 0 radical (unpaired) electrons. The standard InChI is InChI=1S/C6H12N2O/c1-7-5-2-6(3-5)8-4-9/h4-7H,2-3H2,1H3,(H,8,9). The summed E-state index contributed by atoms with van der Waals surface area (Å²) >= 11 is 0. The SMILES string of the molecule is CNC1CC(NC=O)C1. The van der Waals surface area contributed by atoms with Gasteiger partial charge in [-0.15, -0.1) is 0 Å². The van der Waals surface area contributed by atoms with Crippen molar-refractivity contribution >= 4 is 6.41 Å². The average molecular weight is 128 g/mol. The van der Waals surface area contributed by atoms with Gasteiger partial charge in [0.15, 0.2) is 0 Å². The summed E-state index contributed by atoms with van der Waals surface area (Å²) in [5, 5.41) is 5.86. The molecule has 1 saturated carbocycles. The van der Waals surface area contributed by atoms with Gasteiger partial charge in [0.1, 0.15) is 0 Å². The Balaban J connectivity index is 2.04. The van der Waals surface area contributed by atoms with Crippen LogP contribution < -0.4 is 10.6 Å². The number of carbonyl (C=O) groups excluding carboxylic acids is 1. The van der Waals surface area contributed by atoms with Gasteiger partial charge in [-0.1, -0.05) is 0 Å². The largest absolute Gasteiger partial charge is 0.356 e. The fourth-order valence-corrected chi connectivity index (χ4v) is 1.09. The summed E-state index contributed by atoms with van der Waals surface area (Å²) in [4.78, 5) is 9.87. The van der Waals surface area contributed by atoms with Gasteiger partial charge in [-0.2, -0.15) is 0 Å². The Morgan fingerprint density at radius 3 is 2.56 bits per heavy atom. The molecule has 1 amide bonds. The number of hydrogen-bond donors (Lipinski definition) is 2. The highest BCUT2D eigenvalue weighted by molar-refractivity contribution is 5.47. The van der Waals surface area contributed by atoms with E-state index in [2.05, 4.69) is 10.6 Å². The monoisotopic (exact) mass is 128 g/mol. The van der Waals surface area contributed by atoms with Crippen molar-refractivity contribution in [3.63, 3.8) is 0 Å². The van der Waals surface area contributed by atoms with E-state index in [0.717, 1.165) is 19.3 Å². The molecule has 0 heterocycles. The molecule has 0 aromatic rings. The van der Waals surface area contributed by atoms with E-state index < -0.39 is 0 Å². The molecule has 9 heavy (non-hydrogen) atoms. The molecule has 0 aliphatic heterocycles. The van der Waals surface area contributed by atoms with Crippen LogP contribution in [0.1, 0.15) is 12.8 Å². The Bertz CT molecular complexity index is 99.2. The Labute approximate surface area is 54.8 Å². The van der Waals surface area contributed by atoms with Crippen LogP contribution in [0.3, 0.4) is 0 Å². The summed E-state index contributed by atoms with van der Waals surface area (Å²) in [6, 6.07) is 1.06. The maximum absolute atomic E-state index is 9.87. The molecule has 0 unspecified atom stereocenters. The van der Waals surface area contributed by atoms with E-state index in [0.29, 0.717) is 12.1 Å². The molecule has 1 aliphatic rings. The third-order valence-corrected chi connectivity index (χ3v) is 1.85. The molecule has 0 saturated heterocycles. The summed E-state index contributed by atoms with van der Waals surface area (Å²) in [6.45, 7) is 0. The van der Waals surface area contributed by atoms with Crippen molar-refractivity contribution in [1.82, 2.24) is 10.6 Å². The maximum Gasteiger partial charge on any atom is 0.207 e. The van der Waals surface area contributed by atoms with E-state index in [4.69, 9.17) is 0 Å². The highest BCUT2D eigenvalue weighted by Gasteiger charge is 2.26. The van der Waals surface area contributed by atoms with E-state index in [1.54, 1.807) is 0 Å². The maximum atomic E-state index is 9.87. The number of hydrogen-bond acceptors (Lipinski definition) is 2. The second-order valence-corrected chi connectivity index (χ2v) is 2.44. The number of nitrogens with one attached hydrogen (secondary N) is 2. The van der Waals surface area contributed by atoms with Crippen LogP contribution in [0.4, 0.5) is 0 Å². The molecule has 0 aromatic carbocycles. The van der Waals surface area contributed by atoms with E-state index in [1.165, 1.54) is 0 Å². The number of amides is 1. The van der Waals surface area contributed by atoms with Crippen LogP contribution in [-0.2, 0) is 4.79 Å². The van der Waals surface area contributed by atoms with Crippen molar-refractivity contribution in [2.75, 3.05) is 7.05 Å². The zero-order valence-corrected chi connectivity index (χ0v) is 5.55. The fourth-order valence-electron chi connectivity index (χ4n) is 1.09. The zero-order chi connectivity index (χ0) is 6.69. The van der Waals surface area contributed by atoms with Crippen molar-refractivity contribution in [1.29, 1.82) is 0 Å². The lowest BCUT2D eigenvalue weighted by atomic mass is 9.87. The average Bonchev–Trinajstić information content (AvgIpc) is 1.77. The topological polar surface area (TPSA) is 41.1 Å². The molecule has 52 valence electrons. The van der Waals surface area contributed by atoms with Crippen LogP contribution in [0.15, 0.2) is 0 Å². The molecule has 1 rings (SSSR count). The quantitative estimate of drug-likeness (QED) is 0.502. The minimum Gasteiger partial charge on any atom is -0.356 e. The predicted octanol–water partition coefficient (Wildman–Crippen LogP) is -0.517. The number of carbonyl (C=O) groups is 1. The van der Waals surface area contributed by atoms with E-state index >= 15 is 0 Å². The van der Waals surface area contributed by atoms with E-state index in [-0.39, 0.29) is 0 Å². The molecule has 0 atom stereocenters. The van der Waals surface area contributed by atoms with Gasteiger partial charge in [-0.25, -0.2) is 0 Å². The summed E-state index contributed by atoms with van der Waals surface area (Å²) in [6.07, 6.45) is 2.93. The normalized spacial score (nSPS) is 33.0. The molecule has 0 spiro atoms. The highest BCUT2D eigenvalue weighted by atomic mass is 16.1. The lowest BCUT2D eigenvalue weighted by Crippen LogP contribution is -2.49. The van der Waals surface area contributed by atoms with Gasteiger partial charge in [0.2, 0.25) is 6.41 Å². The smallest absolute Gasteiger partial charge is 0.207 e. The molecular weight excluding hydrogens is 116 g/mol. The Morgan fingerprint density at radius 2 is 2.11 bits per heavy atom. The van der Waals surface area contributed by atoms with Gasteiger partial charge in [0.25, 0.3) is 0 Å². The van der Waals surface area contributed by atoms with Gasteiger partial charge >= 0.3 is 0 Å². The molecule has 1 aliphatic carbocycles. The van der Waals surface area contributed by atoms with Crippen LogP contribution in [0.25, 0.3) is 0 Å². The first-order chi connectivity index (χ1) is 4.36. The number of rotatable bonds is 3. The molecule has 3 heteroatoms. The highest BCUT2D eigenvalue weighted by Crippen LogP contribution is 2.18. The van der Waals surface area contributed by atoms with Crippen molar-refractivity contribution in [3.8, 4) is 0 Å². The Kier molecular flexibility index (Phi) is 2.05. The molecule has 1 fully saturated rings. The molecule has 2 N–H and O–H groups in total. The van der Waals surface area contributed by atoms with Gasteiger partial charge in [-0.05, 0) is 19.9 Å². The van der Waals surface area contributed by atoms with Crippen LogP contribution >= 0.6 is 0 Å². The van der Waals surface area contributed by atoms with Crippen molar-refractivity contribution in [3.05, 3.63) is 0 Å². The van der Waals surface area contributed by atoms with Crippen molar-refractivity contribution in [2.24, 2.45) is 0 Å². The van der Waals surface area contributed by atoms with Gasteiger partial charge in [-0.3, -0.25) is 4.79 Å². The third kappa shape index (κ3) is 1.42. The van der Waals surface area contributed by atoms with Gasteiger partial charge in [0.05, 0.1) is 0 Å². The first-order valence-electron chi connectivity index (χ1n) is 3.23. The van der Waals surface area contributed by atoms with Crippen LogP contribution in [0, 0.1) is 0 Å². The Hall–Kier alpha value is -0.570. The van der Waals surface area contributed by atoms with Crippen molar-refractivity contribution in [2.45, 2.75) is 24.9 Å². The first kappa shape index (κ1) is 6.55. The lowest BCUT2D eigenvalue weighted by Gasteiger charge is -2.34. The zero-order valence-electron chi connectivity index (χ0n) is 5.55.